The van der Waals surface area contributed by atoms with E-state index in [4.69, 9.17) is 9.47 Å². The van der Waals surface area contributed by atoms with Crippen LogP contribution in [-0.4, -0.2) is 38.9 Å². The first-order valence-electron chi connectivity index (χ1n) is 13.5. The van der Waals surface area contributed by atoms with E-state index in [2.05, 4.69) is 11.9 Å². The van der Waals surface area contributed by atoms with E-state index in [0.717, 1.165) is 0 Å². The molecule has 3 aromatic carbocycles. The van der Waals surface area contributed by atoms with E-state index in [-0.39, 0.29) is 52.1 Å². The maximum absolute atomic E-state index is 16.0. The highest BCUT2D eigenvalue weighted by molar-refractivity contribution is 7.95. The molecule has 42 heavy (non-hydrogen) atoms. The number of para-hydroxylation sites is 2. The van der Waals surface area contributed by atoms with Crippen LogP contribution in [0.4, 0.5) is 15.8 Å². The summed E-state index contributed by atoms with van der Waals surface area (Å²) in [6.07, 6.45) is 1.65. The fraction of sp³-hybridized carbons (Fsp3) is 0.281. The van der Waals surface area contributed by atoms with Crippen LogP contribution in [0.15, 0.2) is 83.9 Å². The van der Waals surface area contributed by atoms with Crippen molar-refractivity contribution < 1.29 is 32.2 Å². The normalized spacial score (nSPS) is 18.7. The lowest BCUT2D eigenvalue weighted by Crippen LogP contribution is -2.42. The number of sulfone groups is 1. The van der Waals surface area contributed by atoms with Gasteiger partial charge in [0.15, 0.2) is 9.84 Å². The van der Waals surface area contributed by atoms with Crippen LogP contribution >= 0.6 is 0 Å². The van der Waals surface area contributed by atoms with Gasteiger partial charge in [-0.3, -0.25) is 9.69 Å². The standard InChI is InChI=1S/C32H33FN2O6S/c1-5-15-41-21-13-14-22(23(33)17-21)30-31-24(18-32(2,3)19-42(31,38)39)34-29-25(10-8-11-26(29)36)35(30)28(37)16-20-9-6-7-12-27(20)40-4/h5-14,17,30,34,36H,1,15-16,18-19H2,2-4H3. The van der Waals surface area contributed by atoms with Crippen LogP contribution in [-0.2, 0) is 21.1 Å². The van der Waals surface area contributed by atoms with Crippen molar-refractivity contribution in [2.45, 2.75) is 32.7 Å². The predicted molar refractivity (Wildman–Crippen MR) is 160 cm³/mol. The number of carbonyl (C=O) groups is 1. The quantitative estimate of drug-likeness (QED) is 0.260. The van der Waals surface area contributed by atoms with Crippen molar-refractivity contribution in [1.29, 1.82) is 0 Å². The Bertz CT molecular complexity index is 1700. The zero-order chi connectivity index (χ0) is 30.2. The highest BCUT2D eigenvalue weighted by Crippen LogP contribution is 2.51. The van der Waals surface area contributed by atoms with Gasteiger partial charge in [0.2, 0.25) is 5.91 Å². The first-order valence-corrected chi connectivity index (χ1v) is 15.1. The number of benzene rings is 3. The third kappa shape index (κ3) is 5.46. The molecule has 3 aromatic rings. The molecular weight excluding hydrogens is 559 g/mol. The topological polar surface area (TPSA) is 105 Å². The number of phenols is 1. The van der Waals surface area contributed by atoms with Gasteiger partial charge in [-0.2, -0.15) is 0 Å². The Morgan fingerprint density at radius 3 is 2.67 bits per heavy atom. The second-order valence-corrected chi connectivity index (χ2v) is 13.1. The summed E-state index contributed by atoms with van der Waals surface area (Å²) in [5, 5.41) is 14.1. The van der Waals surface area contributed by atoms with E-state index < -0.39 is 33.0 Å². The van der Waals surface area contributed by atoms with Gasteiger partial charge in [0, 0.05) is 22.9 Å². The van der Waals surface area contributed by atoms with E-state index in [1.807, 2.05) is 13.8 Å². The fourth-order valence-corrected chi connectivity index (χ4v) is 8.09. The van der Waals surface area contributed by atoms with E-state index in [0.29, 0.717) is 23.4 Å². The number of halogens is 1. The second kappa shape index (κ2) is 11.2. The molecule has 0 saturated heterocycles. The van der Waals surface area contributed by atoms with Crippen molar-refractivity contribution in [2.75, 3.05) is 29.7 Å². The number of methoxy groups -OCH3 is 1. The second-order valence-electron chi connectivity index (χ2n) is 11.2. The molecular formula is C32H33FN2O6S. The van der Waals surface area contributed by atoms with Crippen LogP contribution in [0, 0.1) is 11.2 Å². The SMILES string of the molecule is C=CCOc1ccc(C2C3=C(CC(C)(C)CS3(=O)=O)Nc3c(O)cccc3N2C(=O)Cc2ccccc2OC)c(F)c1. The largest absolute Gasteiger partial charge is 0.506 e. The number of nitrogens with one attached hydrogen (secondary N) is 1. The maximum atomic E-state index is 16.0. The Labute approximate surface area is 245 Å². The summed E-state index contributed by atoms with van der Waals surface area (Å²) in [7, 11) is -2.54. The lowest BCUT2D eigenvalue weighted by molar-refractivity contribution is -0.118. The van der Waals surface area contributed by atoms with Gasteiger partial charge < -0.3 is 19.9 Å². The Balaban J connectivity index is 1.78. The molecule has 0 bridgehead atoms. The lowest BCUT2D eigenvalue weighted by Gasteiger charge is -2.37. The van der Waals surface area contributed by atoms with Gasteiger partial charge in [-0.25, -0.2) is 12.8 Å². The highest BCUT2D eigenvalue weighted by atomic mass is 32.2. The predicted octanol–water partition coefficient (Wildman–Crippen LogP) is 5.90. The van der Waals surface area contributed by atoms with Gasteiger partial charge in [0.1, 0.15) is 41.4 Å². The zero-order valence-electron chi connectivity index (χ0n) is 23.7. The van der Waals surface area contributed by atoms with Gasteiger partial charge in [-0.05, 0) is 42.2 Å². The Hall–Kier alpha value is -4.31. The number of amides is 1. The maximum Gasteiger partial charge on any atom is 0.232 e. The van der Waals surface area contributed by atoms with Gasteiger partial charge in [-0.1, -0.05) is 50.8 Å². The molecule has 0 radical (unpaired) electrons. The van der Waals surface area contributed by atoms with Crippen molar-refractivity contribution in [2.24, 2.45) is 5.41 Å². The number of nitrogens with zero attached hydrogens (tertiary/aromatic N) is 1. The Kier molecular flexibility index (Phi) is 7.76. The minimum Gasteiger partial charge on any atom is -0.506 e. The van der Waals surface area contributed by atoms with Crippen LogP contribution in [0.3, 0.4) is 0 Å². The minimum atomic E-state index is -4.03. The average molecular weight is 593 g/mol. The molecule has 2 aliphatic rings. The summed E-state index contributed by atoms with van der Waals surface area (Å²) in [4.78, 5) is 15.5. The first kappa shape index (κ1) is 29.2. The molecule has 10 heteroatoms. The van der Waals surface area contributed by atoms with Gasteiger partial charge >= 0.3 is 0 Å². The van der Waals surface area contributed by atoms with Crippen molar-refractivity contribution in [3.8, 4) is 17.2 Å². The molecule has 220 valence electrons. The Morgan fingerprint density at radius 2 is 1.95 bits per heavy atom. The summed E-state index contributed by atoms with van der Waals surface area (Å²) in [6.45, 7) is 7.42. The van der Waals surface area contributed by atoms with Crippen LogP contribution in [0.2, 0.25) is 0 Å². The molecule has 1 unspecified atom stereocenters. The van der Waals surface area contributed by atoms with Crippen molar-refractivity contribution in [1.82, 2.24) is 0 Å². The molecule has 0 spiro atoms. The van der Waals surface area contributed by atoms with Crippen LogP contribution < -0.4 is 19.7 Å². The monoisotopic (exact) mass is 592 g/mol. The number of hydrogen-bond donors (Lipinski definition) is 2. The molecule has 0 saturated carbocycles. The third-order valence-corrected chi connectivity index (χ3v) is 9.67. The summed E-state index contributed by atoms with van der Waals surface area (Å²) >= 11 is 0. The van der Waals surface area contributed by atoms with Crippen molar-refractivity contribution in [3.05, 3.63) is 101 Å². The van der Waals surface area contributed by atoms with Crippen molar-refractivity contribution >= 4 is 27.1 Å². The molecule has 5 rings (SSSR count). The van der Waals surface area contributed by atoms with Crippen LogP contribution in [0.25, 0.3) is 0 Å². The van der Waals surface area contributed by atoms with Crippen LogP contribution in [0.1, 0.15) is 37.4 Å². The smallest absolute Gasteiger partial charge is 0.232 e. The summed E-state index contributed by atoms with van der Waals surface area (Å²) in [5.74, 6) is -0.922. The van der Waals surface area contributed by atoms with E-state index >= 15 is 4.39 Å². The van der Waals surface area contributed by atoms with E-state index in [1.54, 1.807) is 36.4 Å². The number of allylic oxidation sites excluding steroid dienone is 1. The number of anilines is 2. The van der Waals surface area contributed by atoms with E-state index in [1.165, 1.54) is 42.4 Å². The fourth-order valence-electron chi connectivity index (χ4n) is 5.73. The molecule has 0 fully saturated rings. The number of hydrogen-bond acceptors (Lipinski definition) is 7. The van der Waals surface area contributed by atoms with Crippen LogP contribution in [0.5, 0.6) is 17.2 Å². The average Bonchev–Trinajstić information content (AvgIpc) is 3.06. The molecule has 0 aliphatic carbocycles. The minimum absolute atomic E-state index is 0.0249. The number of phenolic OH excluding ortho intramolecular Hbond substituents is 1. The summed E-state index contributed by atoms with van der Waals surface area (Å²) in [6, 6.07) is 14.4. The number of carbonyl (C=O) groups excluding carboxylic acids is 1. The highest BCUT2D eigenvalue weighted by Gasteiger charge is 2.47. The molecule has 0 aromatic heterocycles. The number of aromatic hydroxyl groups is 1. The zero-order valence-corrected chi connectivity index (χ0v) is 24.5. The summed E-state index contributed by atoms with van der Waals surface area (Å²) < 4.78 is 55.1. The first-order chi connectivity index (χ1) is 20.0. The molecule has 8 nitrogen and oxygen atoms in total. The molecule has 2 aliphatic heterocycles. The molecule has 2 heterocycles. The number of ether oxygens (including phenoxy) is 2. The Morgan fingerprint density at radius 1 is 1.19 bits per heavy atom. The molecule has 2 N–H and O–H groups in total. The van der Waals surface area contributed by atoms with Crippen molar-refractivity contribution in [3.63, 3.8) is 0 Å². The van der Waals surface area contributed by atoms with Gasteiger partial charge in [0.05, 0.1) is 29.9 Å². The van der Waals surface area contributed by atoms with E-state index in [9.17, 15) is 18.3 Å². The number of rotatable bonds is 7. The third-order valence-electron chi connectivity index (χ3n) is 7.37. The molecule has 1 amide bonds. The summed E-state index contributed by atoms with van der Waals surface area (Å²) in [5.41, 5.74) is 0.574. The number of fused-ring (bicyclic) bond motifs is 1. The lowest BCUT2D eigenvalue weighted by atomic mass is 9.88. The van der Waals surface area contributed by atoms with Gasteiger partial charge in [-0.15, -0.1) is 0 Å². The molecule has 1 atom stereocenters. The van der Waals surface area contributed by atoms with Gasteiger partial charge in [0.25, 0.3) is 0 Å².